The topological polar surface area (TPSA) is 24.9 Å². The quantitative estimate of drug-likeness (QED) is 0.112. The molecule has 10 rings (SSSR count). The van der Waals surface area contributed by atoms with E-state index >= 15 is 0 Å². The van der Waals surface area contributed by atoms with E-state index in [0.29, 0.717) is 5.02 Å². The Balaban J connectivity index is 1.31. The molecule has 0 radical (unpaired) electrons. The van der Waals surface area contributed by atoms with Gasteiger partial charge in [0, 0.05) is 22.6 Å². The lowest BCUT2D eigenvalue weighted by atomic mass is 9.78. The number of benzene rings is 9. The molecule has 0 unspecified atom stereocenters. The van der Waals surface area contributed by atoms with Gasteiger partial charge in [-0.2, -0.15) is 0 Å². The van der Waals surface area contributed by atoms with Crippen LogP contribution in [0.5, 0.6) is 0 Å². The maximum absolute atomic E-state index is 8.34. The van der Waals surface area contributed by atoms with Crippen molar-refractivity contribution in [3.05, 3.63) is 185 Å². The van der Waals surface area contributed by atoms with Crippen molar-refractivity contribution in [3.63, 3.8) is 0 Å². The third-order valence-electron chi connectivity index (χ3n) is 16.0. The zero-order valence-corrected chi connectivity index (χ0v) is 47.4. The summed E-state index contributed by atoms with van der Waals surface area (Å²) >= 11 is 8.34. The molecule has 378 valence electrons. The highest BCUT2D eigenvalue weighted by molar-refractivity contribution is 6.62. The van der Waals surface area contributed by atoms with Gasteiger partial charge in [-0.1, -0.05) is 192 Å². The summed E-state index contributed by atoms with van der Waals surface area (Å²) in [5.74, 6) is 0. The maximum Gasteiger partial charge on any atom is 0.494 e. The van der Waals surface area contributed by atoms with Crippen LogP contribution in [0.15, 0.2) is 158 Å². The third-order valence-corrected chi connectivity index (χ3v) is 16.3. The van der Waals surface area contributed by atoms with Crippen LogP contribution in [0.4, 0.5) is 34.1 Å². The summed E-state index contributed by atoms with van der Waals surface area (Å²) in [6, 6.07) is 58.8. The van der Waals surface area contributed by atoms with Gasteiger partial charge in [-0.15, -0.1) is 0 Å². The molecule has 1 saturated heterocycles. The summed E-state index contributed by atoms with van der Waals surface area (Å²) in [7, 11) is -0.687. The molecule has 0 atom stereocenters. The van der Waals surface area contributed by atoms with Gasteiger partial charge in [-0.05, 0) is 176 Å². The number of rotatable bonds is 8. The highest BCUT2D eigenvalue weighted by Gasteiger charge is 2.52. The van der Waals surface area contributed by atoms with Gasteiger partial charge in [0.2, 0.25) is 0 Å². The lowest BCUT2D eigenvalue weighted by molar-refractivity contribution is 0.00578. The van der Waals surface area contributed by atoms with Crippen LogP contribution in [0.2, 0.25) is 5.02 Å². The van der Waals surface area contributed by atoms with Crippen molar-refractivity contribution in [2.45, 2.75) is 144 Å². The van der Waals surface area contributed by atoms with Gasteiger partial charge in [0.1, 0.15) is 0 Å². The highest BCUT2D eigenvalue weighted by Crippen LogP contribution is 2.52. The second kappa shape index (κ2) is 18.0. The van der Waals surface area contributed by atoms with Crippen LogP contribution < -0.4 is 15.3 Å². The Bertz CT molecular complexity index is 3460. The molecule has 6 heteroatoms. The van der Waals surface area contributed by atoms with E-state index in [4.69, 9.17) is 20.9 Å². The summed E-state index contributed by atoms with van der Waals surface area (Å²) in [5.41, 5.74) is 12.3. The second-order valence-electron chi connectivity index (χ2n) is 26.0. The molecule has 0 aliphatic carbocycles. The first kappa shape index (κ1) is 51.4. The smallest absolute Gasteiger partial charge is 0.399 e. The third kappa shape index (κ3) is 9.28. The van der Waals surface area contributed by atoms with Crippen molar-refractivity contribution in [2.24, 2.45) is 0 Å². The molecule has 1 heterocycles. The predicted octanol–water partition coefficient (Wildman–Crippen LogP) is 19.3. The fraction of sp³-hybridized carbons (Fsp3) is 0.324. The molecular weight excluding hydrogens is 923 g/mol. The van der Waals surface area contributed by atoms with E-state index in [1.54, 1.807) is 0 Å². The zero-order valence-electron chi connectivity index (χ0n) is 46.7. The molecule has 1 aliphatic rings. The zero-order chi connectivity index (χ0) is 53.1. The van der Waals surface area contributed by atoms with Crippen LogP contribution >= 0.6 is 11.6 Å². The van der Waals surface area contributed by atoms with Gasteiger partial charge < -0.3 is 19.1 Å². The Morgan fingerprint density at radius 3 is 1.24 bits per heavy atom. The largest absolute Gasteiger partial charge is 0.494 e. The van der Waals surface area contributed by atoms with Crippen LogP contribution in [0.25, 0.3) is 43.4 Å². The van der Waals surface area contributed by atoms with Gasteiger partial charge in [0.05, 0.1) is 33.3 Å². The molecule has 0 saturated carbocycles. The van der Waals surface area contributed by atoms with Crippen molar-refractivity contribution in [3.8, 4) is 11.1 Å². The minimum atomic E-state index is -0.687. The standard InChI is InChI=1S/C68H74BClN2O2/c1-63(2,3)46-24-31-51(32-25-46)71(52-33-26-47(27-34-52)64(4,5)6)58-41-50(69-73-67(13,14)68(15,16)74-69)42-59(62(58)70)72(53-35-28-48(29-36-53)65(7,8)9)57-39-30-49(66(10,11)12)40-56(57)54-37-22-45-21-20-43-18-17-19-44-23-38-55(54)61(45)60(43)44/h17-42H,1-16H3. The first-order chi connectivity index (χ1) is 34.6. The summed E-state index contributed by atoms with van der Waals surface area (Å²) in [6.07, 6.45) is 0. The molecule has 0 N–H and O–H groups in total. The predicted molar refractivity (Wildman–Crippen MR) is 320 cm³/mol. The molecule has 1 aliphatic heterocycles. The average Bonchev–Trinajstić information content (AvgIpc) is 3.56. The lowest BCUT2D eigenvalue weighted by Gasteiger charge is -2.34. The highest BCUT2D eigenvalue weighted by atomic mass is 35.5. The Labute approximate surface area is 447 Å². The number of anilines is 6. The maximum atomic E-state index is 8.34. The molecule has 0 bridgehead atoms. The number of halogens is 1. The summed E-state index contributed by atoms with van der Waals surface area (Å²) < 4.78 is 14.0. The Hall–Kier alpha value is -6.11. The van der Waals surface area contributed by atoms with E-state index in [2.05, 4.69) is 278 Å². The van der Waals surface area contributed by atoms with Crippen LogP contribution in [-0.2, 0) is 31.0 Å². The molecule has 1 fully saturated rings. The first-order valence-electron chi connectivity index (χ1n) is 26.5. The molecule has 0 aromatic heterocycles. The van der Waals surface area contributed by atoms with Crippen molar-refractivity contribution >= 4 is 90.6 Å². The van der Waals surface area contributed by atoms with Crippen LogP contribution in [0, 0.1) is 0 Å². The number of hydrogen-bond acceptors (Lipinski definition) is 4. The monoisotopic (exact) mass is 997 g/mol. The molecule has 4 nitrogen and oxygen atoms in total. The van der Waals surface area contributed by atoms with Gasteiger partial charge in [0.15, 0.2) is 0 Å². The minimum Gasteiger partial charge on any atom is -0.399 e. The fourth-order valence-corrected chi connectivity index (χ4v) is 10.9. The van der Waals surface area contributed by atoms with Gasteiger partial charge in [-0.3, -0.25) is 0 Å². The summed E-state index contributed by atoms with van der Waals surface area (Å²) in [4.78, 5) is 4.70. The Kier molecular flexibility index (Phi) is 12.5. The molecule has 0 spiro atoms. The average molecular weight is 998 g/mol. The van der Waals surface area contributed by atoms with Crippen LogP contribution in [-0.4, -0.2) is 18.3 Å². The first-order valence-corrected chi connectivity index (χ1v) is 26.9. The van der Waals surface area contributed by atoms with Crippen LogP contribution in [0.1, 0.15) is 133 Å². The van der Waals surface area contributed by atoms with Crippen LogP contribution in [0.3, 0.4) is 0 Å². The normalized spacial score (nSPS) is 15.2. The number of nitrogens with zero attached hydrogens (tertiary/aromatic N) is 2. The fourth-order valence-electron chi connectivity index (χ4n) is 10.6. The van der Waals surface area contributed by atoms with Gasteiger partial charge in [-0.25, -0.2) is 0 Å². The molecule has 0 amide bonds. The van der Waals surface area contributed by atoms with E-state index in [1.807, 2.05) is 0 Å². The summed E-state index contributed by atoms with van der Waals surface area (Å²) in [6.45, 7) is 35.7. The van der Waals surface area contributed by atoms with Crippen molar-refractivity contribution in [1.29, 1.82) is 0 Å². The summed E-state index contributed by atoms with van der Waals surface area (Å²) in [5, 5.41) is 8.08. The van der Waals surface area contributed by atoms with Crippen molar-refractivity contribution < 1.29 is 9.31 Å². The molecule has 74 heavy (non-hydrogen) atoms. The second-order valence-corrected chi connectivity index (χ2v) is 26.4. The van der Waals surface area contributed by atoms with E-state index in [1.165, 1.54) is 54.6 Å². The molecule has 9 aromatic rings. The Morgan fingerprint density at radius 2 is 0.784 bits per heavy atom. The van der Waals surface area contributed by atoms with E-state index in [0.717, 1.165) is 50.7 Å². The Morgan fingerprint density at radius 1 is 0.392 bits per heavy atom. The van der Waals surface area contributed by atoms with Crippen molar-refractivity contribution in [2.75, 3.05) is 9.80 Å². The van der Waals surface area contributed by atoms with E-state index in [-0.39, 0.29) is 21.7 Å². The number of hydrogen-bond donors (Lipinski definition) is 0. The lowest BCUT2D eigenvalue weighted by Crippen LogP contribution is -2.41. The van der Waals surface area contributed by atoms with E-state index < -0.39 is 18.3 Å². The molecular formula is C68H74BClN2O2. The van der Waals surface area contributed by atoms with E-state index in [9.17, 15) is 0 Å². The van der Waals surface area contributed by atoms with Crippen molar-refractivity contribution in [1.82, 2.24) is 0 Å². The van der Waals surface area contributed by atoms with Gasteiger partial charge in [0.25, 0.3) is 0 Å². The minimum absolute atomic E-state index is 0.0306. The van der Waals surface area contributed by atoms with Gasteiger partial charge >= 0.3 is 7.12 Å². The molecule has 9 aromatic carbocycles. The SMILES string of the molecule is CC(C)(C)c1ccc(N(c2ccc(C(C)(C)C)cc2)c2cc(B3OC(C)(C)C(C)(C)O3)cc(N(c3ccc(C(C)(C)C)cc3)c3ccc(C(C)(C)C)cc3-c3ccc4ccc5cccc6ccc3c4c56)c2Cl)cc1.